The lowest BCUT2D eigenvalue weighted by Crippen LogP contribution is -2.19. The fraction of sp³-hybridized carbons (Fsp3) is 0.125. The summed E-state index contributed by atoms with van der Waals surface area (Å²) in [6.45, 7) is 3.72. The van der Waals surface area contributed by atoms with Gasteiger partial charge in [0.15, 0.2) is 17.2 Å². The topological polar surface area (TPSA) is 102 Å². The molecule has 0 aliphatic carbocycles. The van der Waals surface area contributed by atoms with Gasteiger partial charge in [-0.2, -0.15) is 5.10 Å². The third-order valence-electron chi connectivity index (χ3n) is 3.13. The minimum absolute atomic E-state index is 0.0201. The van der Waals surface area contributed by atoms with Crippen molar-refractivity contribution in [1.82, 2.24) is 5.43 Å². The Balaban J connectivity index is 2.15. The summed E-state index contributed by atoms with van der Waals surface area (Å²) in [7, 11) is 0. The first-order valence-corrected chi connectivity index (χ1v) is 6.55. The van der Waals surface area contributed by atoms with Crippen molar-refractivity contribution in [3.05, 3.63) is 53.1 Å². The summed E-state index contributed by atoms with van der Waals surface area (Å²) in [5.74, 6) is -2.44. The number of rotatable bonds is 3. The highest BCUT2D eigenvalue weighted by molar-refractivity contribution is 6.01. The Kier molecular flexibility index (Phi) is 4.31. The largest absolute Gasteiger partial charge is 0.504 e. The molecule has 0 aromatic heterocycles. The zero-order chi connectivity index (χ0) is 16.3. The zero-order valence-electron chi connectivity index (χ0n) is 12.2. The SMILES string of the molecule is CC(=NNC(=O)c1cc(O)c(O)c(O)c1)c1ccc(C)cc1. The second-order valence-corrected chi connectivity index (χ2v) is 4.87. The molecular formula is C16H16N2O4. The predicted molar refractivity (Wildman–Crippen MR) is 82.3 cm³/mol. The van der Waals surface area contributed by atoms with Gasteiger partial charge in [-0.15, -0.1) is 0 Å². The molecule has 0 heterocycles. The molecule has 2 aromatic rings. The van der Waals surface area contributed by atoms with Crippen LogP contribution < -0.4 is 5.43 Å². The molecular weight excluding hydrogens is 284 g/mol. The van der Waals surface area contributed by atoms with Gasteiger partial charge in [-0.3, -0.25) is 4.79 Å². The Morgan fingerprint density at radius 3 is 2.09 bits per heavy atom. The number of carbonyl (C=O) groups excluding carboxylic acids is 1. The fourth-order valence-electron chi connectivity index (χ4n) is 1.79. The first-order chi connectivity index (χ1) is 10.4. The fourth-order valence-corrected chi connectivity index (χ4v) is 1.79. The summed E-state index contributed by atoms with van der Waals surface area (Å²) in [6.07, 6.45) is 0. The van der Waals surface area contributed by atoms with Crippen LogP contribution in [0.1, 0.15) is 28.4 Å². The normalized spacial score (nSPS) is 11.3. The van der Waals surface area contributed by atoms with E-state index in [9.17, 15) is 20.1 Å². The van der Waals surface area contributed by atoms with E-state index in [2.05, 4.69) is 10.5 Å². The first-order valence-electron chi connectivity index (χ1n) is 6.55. The molecule has 0 spiro atoms. The summed E-state index contributed by atoms with van der Waals surface area (Å²) < 4.78 is 0. The van der Waals surface area contributed by atoms with E-state index in [1.165, 1.54) is 0 Å². The smallest absolute Gasteiger partial charge is 0.271 e. The van der Waals surface area contributed by atoms with Crippen molar-refractivity contribution in [2.24, 2.45) is 5.10 Å². The van der Waals surface area contributed by atoms with Crippen LogP contribution in [0.2, 0.25) is 0 Å². The molecule has 2 rings (SSSR count). The number of benzene rings is 2. The van der Waals surface area contributed by atoms with Crippen LogP contribution in [0.25, 0.3) is 0 Å². The van der Waals surface area contributed by atoms with E-state index in [1.54, 1.807) is 6.92 Å². The molecule has 6 heteroatoms. The quantitative estimate of drug-likeness (QED) is 0.396. The highest BCUT2D eigenvalue weighted by Crippen LogP contribution is 2.35. The summed E-state index contributed by atoms with van der Waals surface area (Å²) in [5.41, 5.74) is 4.91. The third-order valence-corrected chi connectivity index (χ3v) is 3.13. The van der Waals surface area contributed by atoms with Crippen molar-refractivity contribution < 1.29 is 20.1 Å². The Morgan fingerprint density at radius 1 is 1.00 bits per heavy atom. The number of phenols is 3. The molecule has 0 aliphatic heterocycles. The monoisotopic (exact) mass is 300 g/mol. The zero-order valence-corrected chi connectivity index (χ0v) is 12.2. The molecule has 22 heavy (non-hydrogen) atoms. The molecule has 0 bridgehead atoms. The third kappa shape index (κ3) is 3.35. The lowest BCUT2D eigenvalue weighted by atomic mass is 10.1. The molecule has 2 aromatic carbocycles. The van der Waals surface area contributed by atoms with E-state index in [0.717, 1.165) is 23.3 Å². The molecule has 1 amide bonds. The van der Waals surface area contributed by atoms with Gasteiger partial charge >= 0.3 is 0 Å². The van der Waals surface area contributed by atoms with Crippen LogP contribution in [0.5, 0.6) is 17.2 Å². The van der Waals surface area contributed by atoms with Gasteiger partial charge in [0.1, 0.15) is 0 Å². The standard InChI is InChI=1S/C16H16N2O4/c1-9-3-5-11(6-4-9)10(2)17-18-16(22)12-7-13(19)15(21)14(20)8-12/h3-8,19-21H,1-2H3,(H,18,22). The summed E-state index contributed by atoms with van der Waals surface area (Å²) >= 11 is 0. The molecule has 0 saturated heterocycles. The van der Waals surface area contributed by atoms with Crippen LogP contribution in [0.15, 0.2) is 41.5 Å². The highest BCUT2D eigenvalue weighted by Gasteiger charge is 2.13. The van der Waals surface area contributed by atoms with Gasteiger partial charge in [0, 0.05) is 5.56 Å². The van der Waals surface area contributed by atoms with E-state index < -0.39 is 23.2 Å². The van der Waals surface area contributed by atoms with E-state index >= 15 is 0 Å². The van der Waals surface area contributed by atoms with Gasteiger partial charge in [0.25, 0.3) is 5.91 Å². The number of nitrogens with zero attached hydrogens (tertiary/aromatic N) is 1. The highest BCUT2D eigenvalue weighted by atomic mass is 16.3. The molecule has 0 atom stereocenters. The second-order valence-electron chi connectivity index (χ2n) is 4.87. The van der Waals surface area contributed by atoms with E-state index in [-0.39, 0.29) is 5.56 Å². The van der Waals surface area contributed by atoms with Crippen molar-refractivity contribution in [3.8, 4) is 17.2 Å². The number of hydrogen-bond donors (Lipinski definition) is 4. The Hall–Kier alpha value is -3.02. The molecule has 0 radical (unpaired) electrons. The predicted octanol–water partition coefficient (Wildman–Crippen LogP) is 2.27. The molecule has 0 aliphatic rings. The van der Waals surface area contributed by atoms with Crippen LogP contribution in [0.4, 0.5) is 0 Å². The van der Waals surface area contributed by atoms with Crippen LogP contribution >= 0.6 is 0 Å². The number of hydrazone groups is 1. The van der Waals surface area contributed by atoms with E-state index in [1.807, 2.05) is 31.2 Å². The Bertz CT molecular complexity index is 713. The van der Waals surface area contributed by atoms with Crippen LogP contribution in [0, 0.1) is 6.92 Å². The number of amides is 1. The summed E-state index contributed by atoms with van der Waals surface area (Å²) in [6, 6.07) is 9.73. The lowest BCUT2D eigenvalue weighted by Gasteiger charge is -2.06. The molecule has 0 saturated carbocycles. The number of carbonyl (C=O) groups is 1. The maximum atomic E-state index is 11.9. The number of aromatic hydroxyl groups is 3. The van der Waals surface area contributed by atoms with Gasteiger partial charge in [0.05, 0.1) is 5.71 Å². The summed E-state index contributed by atoms with van der Waals surface area (Å²) in [4.78, 5) is 11.9. The minimum atomic E-state index is -0.670. The van der Waals surface area contributed by atoms with E-state index in [0.29, 0.717) is 5.71 Å². The van der Waals surface area contributed by atoms with Crippen LogP contribution in [0.3, 0.4) is 0 Å². The van der Waals surface area contributed by atoms with Gasteiger partial charge in [-0.05, 0) is 31.5 Å². The average molecular weight is 300 g/mol. The van der Waals surface area contributed by atoms with Crippen molar-refractivity contribution >= 4 is 11.6 Å². The Labute approximate surface area is 127 Å². The summed E-state index contributed by atoms with van der Waals surface area (Å²) in [5, 5.41) is 32.0. The number of aryl methyl sites for hydroxylation is 1. The van der Waals surface area contributed by atoms with E-state index in [4.69, 9.17) is 0 Å². The molecule has 0 unspecified atom stereocenters. The minimum Gasteiger partial charge on any atom is -0.504 e. The maximum Gasteiger partial charge on any atom is 0.271 e. The number of nitrogens with one attached hydrogen (secondary N) is 1. The van der Waals surface area contributed by atoms with Gasteiger partial charge < -0.3 is 15.3 Å². The average Bonchev–Trinajstić information content (AvgIpc) is 2.50. The van der Waals surface area contributed by atoms with Gasteiger partial charge in [-0.1, -0.05) is 29.8 Å². The van der Waals surface area contributed by atoms with Crippen molar-refractivity contribution in [2.75, 3.05) is 0 Å². The van der Waals surface area contributed by atoms with Crippen LogP contribution in [-0.2, 0) is 0 Å². The first kappa shape index (κ1) is 15.4. The van der Waals surface area contributed by atoms with Crippen molar-refractivity contribution in [2.45, 2.75) is 13.8 Å². The second kappa shape index (κ2) is 6.17. The lowest BCUT2D eigenvalue weighted by molar-refractivity contribution is 0.0954. The van der Waals surface area contributed by atoms with Crippen molar-refractivity contribution in [3.63, 3.8) is 0 Å². The number of hydrogen-bond acceptors (Lipinski definition) is 5. The van der Waals surface area contributed by atoms with Gasteiger partial charge in [-0.25, -0.2) is 5.43 Å². The number of phenolic OH excluding ortho intramolecular Hbond substituents is 3. The van der Waals surface area contributed by atoms with Gasteiger partial charge in [0.2, 0.25) is 0 Å². The maximum absolute atomic E-state index is 11.9. The molecule has 114 valence electrons. The molecule has 6 nitrogen and oxygen atoms in total. The van der Waals surface area contributed by atoms with Crippen molar-refractivity contribution in [1.29, 1.82) is 0 Å². The molecule has 0 fully saturated rings. The Morgan fingerprint density at radius 2 is 1.55 bits per heavy atom. The molecule has 4 N–H and O–H groups in total. The van der Waals surface area contributed by atoms with Crippen LogP contribution in [-0.4, -0.2) is 26.9 Å².